The van der Waals surface area contributed by atoms with Gasteiger partial charge in [0.15, 0.2) is 5.69 Å². The molecule has 1 unspecified atom stereocenters. The van der Waals surface area contributed by atoms with Crippen LogP contribution in [0.15, 0.2) is 12.1 Å². The molecule has 0 aliphatic heterocycles. The molecule has 0 aliphatic carbocycles. The van der Waals surface area contributed by atoms with E-state index in [0.717, 1.165) is 0 Å². The summed E-state index contributed by atoms with van der Waals surface area (Å²) in [7, 11) is 0. The summed E-state index contributed by atoms with van der Waals surface area (Å²) < 4.78 is 0. The average molecular weight is 205 g/mol. The first kappa shape index (κ1) is 10.8. The number of hydrogen-bond donors (Lipinski definition) is 3. The normalized spacial score (nSPS) is 11.5. The van der Waals surface area contributed by atoms with Gasteiger partial charge >= 0.3 is 0 Å². The van der Waals surface area contributed by atoms with Crippen LogP contribution in [0.4, 0.5) is 11.5 Å². The summed E-state index contributed by atoms with van der Waals surface area (Å²) in [4.78, 5) is 14.7. The van der Waals surface area contributed by atoms with Gasteiger partial charge in [0.25, 0.3) is 0 Å². The van der Waals surface area contributed by atoms with Crippen molar-refractivity contribution in [2.45, 2.75) is 13.0 Å². The first-order valence-electron chi connectivity index (χ1n) is 4.27. The molecule has 0 bridgehead atoms. The molecule has 1 heterocycles. The maximum Gasteiger partial charge on any atom is 0.239 e. The molecule has 1 amide bonds. The number of rotatable bonds is 3. The highest BCUT2D eigenvalue weighted by molar-refractivity contribution is 5.82. The maximum atomic E-state index is 10.8. The van der Waals surface area contributed by atoms with Crippen LogP contribution in [-0.4, -0.2) is 16.9 Å². The Morgan fingerprint density at radius 1 is 1.67 bits per heavy atom. The highest BCUT2D eigenvalue weighted by Crippen LogP contribution is 2.12. The summed E-state index contributed by atoms with van der Waals surface area (Å²) in [5.74, 6) is -0.0980. The van der Waals surface area contributed by atoms with E-state index in [2.05, 4.69) is 10.3 Å². The molecule has 1 aromatic heterocycles. The Labute approximate surface area is 86.9 Å². The number of primary amides is 1. The molecular formula is C9H11N5O. The molecule has 6 nitrogen and oxygen atoms in total. The largest absolute Gasteiger partial charge is 0.396 e. The fourth-order valence-corrected chi connectivity index (χ4v) is 0.933. The third-order valence-electron chi connectivity index (χ3n) is 1.82. The van der Waals surface area contributed by atoms with E-state index >= 15 is 0 Å². The molecule has 6 heteroatoms. The van der Waals surface area contributed by atoms with Gasteiger partial charge in [-0.1, -0.05) is 0 Å². The van der Waals surface area contributed by atoms with E-state index in [4.69, 9.17) is 16.7 Å². The van der Waals surface area contributed by atoms with Gasteiger partial charge in [-0.3, -0.25) is 4.79 Å². The van der Waals surface area contributed by atoms with Gasteiger partial charge in [0, 0.05) is 0 Å². The van der Waals surface area contributed by atoms with Crippen molar-refractivity contribution >= 4 is 17.4 Å². The van der Waals surface area contributed by atoms with Crippen molar-refractivity contribution in [3.8, 4) is 6.07 Å². The van der Waals surface area contributed by atoms with Gasteiger partial charge in [0.1, 0.15) is 17.9 Å². The monoisotopic (exact) mass is 205 g/mol. The van der Waals surface area contributed by atoms with Gasteiger partial charge in [0.2, 0.25) is 5.91 Å². The highest BCUT2D eigenvalue weighted by atomic mass is 16.1. The second-order valence-corrected chi connectivity index (χ2v) is 3.01. The fourth-order valence-electron chi connectivity index (χ4n) is 0.933. The number of anilines is 2. The second-order valence-electron chi connectivity index (χ2n) is 3.01. The molecular weight excluding hydrogens is 194 g/mol. The Kier molecular flexibility index (Phi) is 3.08. The third kappa shape index (κ3) is 2.57. The standard InChI is InChI=1S/C9H11N5O/c1-5(9(12)15)13-8-3-2-6(11)7(4-10)14-8/h2-3,5H,11H2,1H3,(H2,12,15)(H,13,14). The molecule has 78 valence electrons. The summed E-state index contributed by atoms with van der Waals surface area (Å²) in [5.41, 5.74) is 11.0. The number of nitriles is 1. The maximum absolute atomic E-state index is 10.8. The lowest BCUT2D eigenvalue weighted by atomic mass is 10.3. The molecule has 0 aromatic carbocycles. The fraction of sp³-hybridized carbons (Fsp3) is 0.222. The Balaban J connectivity index is 2.89. The minimum atomic E-state index is -0.548. The molecule has 1 aromatic rings. The van der Waals surface area contributed by atoms with Crippen molar-refractivity contribution in [2.75, 3.05) is 11.1 Å². The van der Waals surface area contributed by atoms with Crippen LogP contribution in [0.3, 0.4) is 0 Å². The molecule has 15 heavy (non-hydrogen) atoms. The lowest BCUT2D eigenvalue weighted by molar-refractivity contribution is -0.118. The summed E-state index contributed by atoms with van der Waals surface area (Å²) in [6.45, 7) is 1.60. The van der Waals surface area contributed by atoms with E-state index in [1.165, 1.54) is 0 Å². The van der Waals surface area contributed by atoms with Crippen molar-refractivity contribution in [1.29, 1.82) is 5.26 Å². The lowest BCUT2D eigenvalue weighted by Gasteiger charge is -2.10. The van der Waals surface area contributed by atoms with E-state index in [1.54, 1.807) is 19.1 Å². The number of nitrogen functional groups attached to an aromatic ring is 1. The average Bonchev–Trinajstić information content (AvgIpc) is 2.20. The minimum Gasteiger partial charge on any atom is -0.396 e. The van der Waals surface area contributed by atoms with E-state index in [1.807, 2.05) is 6.07 Å². The van der Waals surface area contributed by atoms with E-state index in [0.29, 0.717) is 11.5 Å². The number of aromatic nitrogens is 1. The highest BCUT2D eigenvalue weighted by Gasteiger charge is 2.09. The number of hydrogen-bond acceptors (Lipinski definition) is 5. The number of pyridine rings is 1. The predicted octanol–water partition coefficient (Wildman–Crippen LogP) is -0.179. The van der Waals surface area contributed by atoms with Gasteiger partial charge in [-0.15, -0.1) is 0 Å². The topological polar surface area (TPSA) is 118 Å². The molecule has 5 N–H and O–H groups in total. The molecule has 0 radical (unpaired) electrons. The Morgan fingerprint density at radius 2 is 2.33 bits per heavy atom. The van der Waals surface area contributed by atoms with Gasteiger partial charge in [0.05, 0.1) is 5.69 Å². The Morgan fingerprint density at radius 3 is 2.87 bits per heavy atom. The number of nitrogens with one attached hydrogen (secondary N) is 1. The molecule has 0 aliphatic rings. The molecule has 0 fully saturated rings. The number of carbonyl (C=O) groups excluding carboxylic acids is 1. The van der Waals surface area contributed by atoms with Crippen molar-refractivity contribution in [3.05, 3.63) is 17.8 Å². The zero-order chi connectivity index (χ0) is 11.4. The number of carbonyl (C=O) groups is 1. The van der Waals surface area contributed by atoms with Gasteiger partial charge in [-0.25, -0.2) is 4.98 Å². The van der Waals surface area contributed by atoms with Crippen LogP contribution in [0, 0.1) is 11.3 Å². The van der Waals surface area contributed by atoms with Crippen LogP contribution in [-0.2, 0) is 4.79 Å². The van der Waals surface area contributed by atoms with Crippen molar-refractivity contribution in [1.82, 2.24) is 4.98 Å². The van der Waals surface area contributed by atoms with E-state index < -0.39 is 11.9 Å². The number of amides is 1. The smallest absolute Gasteiger partial charge is 0.239 e. The first-order chi connectivity index (χ1) is 7.04. The zero-order valence-corrected chi connectivity index (χ0v) is 8.19. The van der Waals surface area contributed by atoms with Crippen LogP contribution in [0.5, 0.6) is 0 Å². The van der Waals surface area contributed by atoms with E-state index in [-0.39, 0.29) is 5.69 Å². The predicted molar refractivity (Wildman–Crippen MR) is 55.6 cm³/mol. The summed E-state index contributed by atoms with van der Waals surface area (Å²) in [5, 5.41) is 11.4. The van der Waals surface area contributed by atoms with Crippen LogP contribution in [0.1, 0.15) is 12.6 Å². The van der Waals surface area contributed by atoms with Gasteiger partial charge in [-0.2, -0.15) is 5.26 Å². The number of nitrogens with zero attached hydrogens (tertiary/aromatic N) is 2. The SMILES string of the molecule is CC(Nc1ccc(N)c(C#N)n1)C(N)=O. The van der Waals surface area contributed by atoms with Crippen molar-refractivity contribution in [3.63, 3.8) is 0 Å². The van der Waals surface area contributed by atoms with Crippen LogP contribution in [0.2, 0.25) is 0 Å². The second kappa shape index (κ2) is 4.28. The van der Waals surface area contributed by atoms with E-state index in [9.17, 15) is 4.79 Å². The Bertz CT molecular complexity index is 423. The summed E-state index contributed by atoms with van der Waals surface area (Å²) in [6, 6.07) is 4.42. The Hall–Kier alpha value is -2.29. The molecule has 1 atom stereocenters. The quantitative estimate of drug-likeness (QED) is 0.632. The number of nitrogens with two attached hydrogens (primary N) is 2. The van der Waals surface area contributed by atoms with Crippen LogP contribution < -0.4 is 16.8 Å². The third-order valence-corrected chi connectivity index (χ3v) is 1.82. The van der Waals surface area contributed by atoms with Crippen molar-refractivity contribution < 1.29 is 4.79 Å². The summed E-state index contributed by atoms with van der Waals surface area (Å²) in [6.07, 6.45) is 0. The molecule has 0 saturated carbocycles. The molecule has 0 spiro atoms. The van der Waals surface area contributed by atoms with Crippen LogP contribution >= 0.6 is 0 Å². The van der Waals surface area contributed by atoms with Gasteiger partial charge < -0.3 is 16.8 Å². The summed E-state index contributed by atoms with van der Waals surface area (Å²) >= 11 is 0. The van der Waals surface area contributed by atoms with Crippen molar-refractivity contribution in [2.24, 2.45) is 5.73 Å². The lowest BCUT2D eigenvalue weighted by Crippen LogP contribution is -2.32. The first-order valence-corrected chi connectivity index (χ1v) is 4.27. The van der Waals surface area contributed by atoms with Gasteiger partial charge in [-0.05, 0) is 19.1 Å². The van der Waals surface area contributed by atoms with Crippen LogP contribution in [0.25, 0.3) is 0 Å². The molecule has 1 rings (SSSR count). The minimum absolute atomic E-state index is 0.122. The zero-order valence-electron chi connectivity index (χ0n) is 8.19. The molecule has 0 saturated heterocycles.